The molecule has 1 aromatic carbocycles. The molecule has 1 heterocycles. The van der Waals surface area contributed by atoms with Crippen molar-refractivity contribution < 1.29 is 5.11 Å². The Morgan fingerprint density at radius 2 is 1.84 bits per heavy atom. The normalized spacial score (nSPS) is 18.4. The molecule has 0 atom stereocenters. The Morgan fingerprint density at radius 1 is 1.11 bits per heavy atom. The molecule has 0 radical (unpaired) electrons. The summed E-state index contributed by atoms with van der Waals surface area (Å²) in [7, 11) is 0. The van der Waals surface area contributed by atoms with E-state index in [0.29, 0.717) is 0 Å². The molecule has 0 amide bonds. The predicted molar refractivity (Wildman–Crippen MR) is 78.3 cm³/mol. The summed E-state index contributed by atoms with van der Waals surface area (Å²) in [5.74, 6) is 0. The molecule has 0 unspecified atom stereocenters. The molecular weight excluding hydrogens is 254 g/mol. The average molecular weight is 273 g/mol. The van der Waals surface area contributed by atoms with Crippen LogP contribution < -0.4 is 0 Å². The summed E-state index contributed by atoms with van der Waals surface area (Å²) in [5, 5.41) is 10.5. The zero-order valence-electron chi connectivity index (χ0n) is 11.0. The summed E-state index contributed by atoms with van der Waals surface area (Å²) in [6, 6.07) is 10.8. The maximum atomic E-state index is 9.27. The van der Waals surface area contributed by atoms with Gasteiger partial charge in [-0.25, -0.2) is 4.98 Å². The van der Waals surface area contributed by atoms with Crippen LogP contribution in [0.15, 0.2) is 36.5 Å². The van der Waals surface area contributed by atoms with Gasteiger partial charge in [0, 0.05) is 11.6 Å². The molecule has 100 valence electrons. The van der Waals surface area contributed by atoms with Crippen molar-refractivity contribution in [3.05, 3.63) is 52.0 Å². The number of aliphatic hydroxyl groups excluding tert-OH is 1. The van der Waals surface area contributed by atoms with Crippen molar-refractivity contribution in [2.24, 2.45) is 0 Å². The molecule has 1 aliphatic rings. The summed E-state index contributed by atoms with van der Waals surface area (Å²) in [6.07, 6.45) is 8.04. The molecule has 1 aromatic heterocycles. The number of aliphatic hydroxyl groups is 1. The second-order valence-electron chi connectivity index (χ2n) is 5.30. The fourth-order valence-corrected chi connectivity index (χ4v) is 4.18. The van der Waals surface area contributed by atoms with Crippen LogP contribution in [0.5, 0.6) is 0 Å². The summed E-state index contributed by atoms with van der Waals surface area (Å²) >= 11 is 1.67. The standard InChI is InChI=1S/C16H19NOS/c18-12-14-11-17-15(19-14)16(9-5-2-6-10-16)13-7-3-1-4-8-13/h1,3-4,7-8,11,18H,2,5-6,9-10,12H2. The Bertz CT molecular complexity index is 529. The molecule has 0 spiro atoms. The fraction of sp³-hybridized carbons (Fsp3) is 0.438. The van der Waals surface area contributed by atoms with Crippen molar-refractivity contribution in [3.8, 4) is 0 Å². The van der Waals surface area contributed by atoms with Crippen molar-refractivity contribution in [1.29, 1.82) is 0 Å². The van der Waals surface area contributed by atoms with Gasteiger partial charge in [0.25, 0.3) is 0 Å². The number of aromatic nitrogens is 1. The van der Waals surface area contributed by atoms with E-state index in [9.17, 15) is 5.11 Å². The molecule has 2 nitrogen and oxygen atoms in total. The third kappa shape index (κ3) is 2.33. The molecule has 2 aromatic rings. The van der Waals surface area contributed by atoms with Crippen LogP contribution in [-0.4, -0.2) is 10.1 Å². The van der Waals surface area contributed by atoms with Crippen LogP contribution in [0, 0.1) is 0 Å². The highest BCUT2D eigenvalue weighted by molar-refractivity contribution is 7.11. The van der Waals surface area contributed by atoms with Gasteiger partial charge < -0.3 is 5.11 Å². The zero-order valence-corrected chi connectivity index (χ0v) is 11.8. The lowest BCUT2D eigenvalue weighted by atomic mass is 9.70. The van der Waals surface area contributed by atoms with Gasteiger partial charge in [0.1, 0.15) is 5.01 Å². The van der Waals surface area contributed by atoms with Crippen LogP contribution in [0.2, 0.25) is 0 Å². The van der Waals surface area contributed by atoms with Gasteiger partial charge in [-0.2, -0.15) is 0 Å². The van der Waals surface area contributed by atoms with E-state index >= 15 is 0 Å². The topological polar surface area (TPSA) is 33.1 Å². The van der Waals surface area contributed by atoms with E-state index in [2.05, 4.69) is 35.3 Å². The molecule has 0 aliphatic heterocycles. The molecule has 19 heavy (non-hydrogen) atoms. The number of benzene rings is 1. The van der Waals surface area contributed by atoms with E-state index in [-0.39, 0.29) is 12.0 Å². The Labute approximate surface area is 118 Å². The molecular formula is C16H19NOS. The quantitative estimate of drug-likeness (QED) is 0.920. The number of nitrogens with zero attached hydrogens (tertiary/aromatic N) is 1. The van der Waals surface area contributed by atoms with Crippen molar-refractivity contribution in [1.82, 2.24) is 4.98 Å². The Kier molecular flexibility index (Phi) is 3.67. The van der Waals surface area contributed by atoms with Crippen LogP contribution >= 0.6 is 11.3 Å². The summed E-state index contributed by atoms with van der Waals surface area (Å²) in [4.78, 5) is 5.59. The smallest absolute Gasteiger partial charge is 0.103 e. The third-order valence-electron chi connectivity index (χ3n) is 4.15. The lowest BCUT2D eigenvalue weighted by molar-refractivity contribution is 0.285. The maximum absolute atomic E-state index is 9.27. The monoisotopic (exact) mass is 273 g/mol. The van der Waals surface area contributed by atoms with E-state index in [1.54, 1.807) is 11.3 Å². The number of rotatable bonds is 3. The predicted octanol–water partition coefficient (Wildman–Crippen LogP) is 3.89. The SMILES string of the molecule is OCc1cnc(C2(c3ccccc3)CCCCC2)s1. The van der Waals surface area contributed by atoms with E-state index < -0.39 is 0 Å². The van der Waals surface area contributed by atoms with Crippen molar-refractivity contribution >= 4 is 11.3 Å². The second kappa shape index (κ2) is 5.43. The number of thiazole rings is 1. The third-order valence-corrected chi connectivity index (χ3v) is 5.34. The summed E-state index contributed by atoms with van der Waals surface area (Å²) in [6.45, 7) is 0.0997. The van der Waals surface area contributed by atoms with Gasteiger partial charge in [-0.3, -0.25) is 0 Å². The van der Waals surface area contributed by atoms with Gasteiger partial charge in [0.2, 0.25) is 0 Å². The van der Waals surface area contributed by atoms with Crippen molar-refractivity contribution in [2.45, 2.75) is 44.1 Å². The lowest BCUT2D eigenvalue weighted by Crippen LogP contribution is -2.30. The highest BCUT2D eigenvalue weighted by Crippen LogP contribution is 2.46. The molecule has 1 aliphatic carbocycles. The highest BCUT2D eigenvalue weighted by atomic mass is 32.1. The highest BCUT2D eigenvalue weighted by Gasteiger charge is 2.38. The lowest BCUT2D eigenvalue weighted by Gasteiger charge is -2.36. The van der Waals surface area contributed by atoms with E-state index in [1.807, 2.05) is 6.20 Å². The number of hydrogen-bond acceptors (Lipinski definition) is 3. The van der Waals surface area contributed by atoms with Gasteiger partial charge in [-0.1, -0.05) is 49.6 Å². The van der Waals surface area contributed by atoms with E-state index in [4.69, 9.17) is 0 Å². The van der Waals surface area contributed by atoms with E-state index in [1.165, 1.54) is 42.7 Å². The first kappa shape index (κ1) is 12.8. The number of hydrogen-bond donors (Lipinski definition) is 1. The maximum Gasteiger partial charge on any atom is 0.103 e. The Balaban J connectivity index is 2.06. The Hall–Kier alpha value is -1.19. The minimum atomic E-state index is 0.0809. The van der Waals surface area contributed by atoms with Crippen LogP contribution in [-0.2, 0) is 12.0 Å². The largest absolute Gasteiger partial charge is 0.391 e. The Morgan fingerprint density at radius 3 is 2.47 bits per heavy atom. The van der Waals surface area contributed by atoms with Gasteiger partial charge in [-0.15, -0.1) is 11.3 Å². The van der Waals surface area contributed by atoms with Crippen LogP contribution in [0.3, 0.4) is 0 Å². The fourth-order valence-electron chi connectivity index (χ4n) is 3.14. The minimum Gasteiger partial charge on any atom is -0.391 e. The first-order chi connectivity index (χ1) is 9.35. The molecule has 1 fully saturated rings. The summed E-state index contributed by atoms with van der Waals surface area (Å²) in [5.41, 5.74) is 1.46. The molecule has 1 saturated carbocycles. The van der Waals surface area contributed by atoms with Crippen LogP contribution in [0.25, 0.3) is 0 Å². The molecule has 0 saturated heterocycles. The van der Waals surface area contributed by atoms with Crippen LogP contribution in [0.1, 0.15) is 47.6 Å². The van der Waals surface area contributed by atoms with Gasteiger partial charge in [-0.05, 0) is 18.4 Å². The summed E-state index contributed by atoms with van der Waals surface area (Å²) < 4.78 is 0. The molecule has 0 bridgehead atoms. The van der Waals surface area contributed by atoms with Crippen molar-refractivity contribution in [2.75, 3.05) is 0 Å². The second-order valence-corrected chi connectivity index (χ2v) is 6.41. The van der Waals surface area contributed by atoms with Crippen LogP contribution in [0.4, 0.5) is 0 Å². The molecule has 3 rings (SSSR count). The average Bonchev–Trinajstić information content (AvgIpc) is 2.98. The van der Waals surface area contributed by atoms with Gasteiger partial charge in [0.15, 0.2) is 0 Å². The zero-order chi connectivity index (χ0) is 13.1. The molecule has 1 N–H and O–H groups in total. The molecule has 3 heteroatoms. The van der Waals surface area contributed by atoms with Crippen molar-refractivity contribution in [3.63, 3.8) is 0 Å². The van der Waals surface area contributed by atoms with Gasteiger partial charge in [0.05, 0.1) is 11.5 Å². The first-order valence-electron chi connectivity index (χ1n) is 6.97. The minimum absolute atomic E-state index is 0.0809. The first-order valence-corrected chi connectivity index (χ1v) is 7.78. The van der Waals surface area contributed by atoms with E-state index in [0.717, 1.165) is 4.88 Å². The van der Waals surface area contributed by atoms with Gasteiger partial charge >= 0.3 is 0 Å².